The van der Waals surface area contributed by atoms with Crippen molar-refractivity contribution < 1.29 is 19.1 Å². The van der Waals surface area contributed by atoms with Crippen LogP contribution in [0.2, 0.25) is 0 Å². The first-order valence-electron chi connectivity index (χ1n) is 16.4. The Bertz CT molecular complexity index is 1970. The minimum absolute atomic E-state index is 0.186. The van der Waals surface area contributed by atoms with Crippen LogP contribution in [0, 0.1) is 12.3 Å². The van der Waals surface area contributed by atoms with Crippen LogP contribution in [0.15, 0.2) is 89.3 Å². The van der Waals surface area contributed by atoms with E-state index in [4.69, 9.17) is 29.9 Å². The number of hydrogen-bond donors (Lipinski definition) is 2. The maximum atomic E-state index is 12.3. The van der Waals surface area contributed by atoms with Crippen molar-refractivity contribution in [2.75, 3.05) is 14.2 Å². The number of methoxy groups -OCH3 is 2. The number of hydrogen-bond acceptors (Lipinski definition) is 8. The number of carbonyl (C=O) groups excluding carboxylic acids is 2. The molecule has 0 saturated heterocycles. The van der Waals surface area contributed by atoms with Crippen molar-refractivity contribution in [3.05, 3.63) is 96.8 Å². The highest BCUT2D eigenvalue weighted by molar-refractivity contribution is 6.37. The van der Waals surface area contributed by atoms with Crippen molar-refractivity contribution in [1.82, 2.24) is 4.98 Å². The number of carbonyl (C=O) groups is 2. The summed E-state index contributed by atoms with van der Waals surface area (Å²) in [6.45, 7) is 12.5. The van der Waals surface area contributed by atoms with Crippen LogP contribution in [0.25, 0.3) is 12.2 Å². The molecular weight excluding hydrogens is 602 g/mol. The van der Waals surface area contributed by atoms with E-state index in [2.05, 4.69) is 50.7 Å². The molecule has 0 radical (unpaired) electrons. The van der Waals surface area contributed by atoms with E-state index in [-0.39, 0.29) is 24.8 Å². The van der Waals surface area contributed by atoms with Gasteiger partial charge in [0, 0.05) is 29.8 Å². The summed E-state index contributed by atoms with van der Waals surface area (Å²) in [6.07, 6.45) is 12.4. The third-order valence-corrected chi connectivity index (χ3v) is 9.54. The molecular formula is C39H43N5O4. The molecule has 0 unspecified atom stereocenters. The molecule has 0 aromatic carbocycles. The monoisotopic (exact) mass is 645 g/mol. The summed E-state index contributed by atoms with van der Waals surface area (Å²) in [5, 5.41) is 7.68. The van der Waals surface area contributed by atoms with E-state index >= 15 is 0 Å². The zero-order valence-electron chi connectivity index (χ0n) is 29.1. The first-order valence-corrected chi connectivity index (χ1v) is 16.4. The quantitative estimate of drug-likeness (QED) is 0.209. The van der Waals surface area contributed by atoms with E-state index in [1.54, 1.807) is 6.08 Å². The Labute approximate surface area is 282 Å². The molecule has 5 heterocycles. The van der Waals surface area contributed by atoms with E-state index in [9.17, 15) is 9.59 Å². The van der Waals surface area contributed by atoms with Gasteiger partial charge in [0.2, 0.25) is 0 Å². The van der Waals surface area contributed by atoms with E-state index in [1.165, 1.54) is 19.8 Å². The smallest absolute Gasteiger partial charge is 0.305 e. The fourth-order valence-corrected chi connectivity index (χ4v) is 6.77. The SMILES string of the molecule is CCC1=C(C)C2=Cc3[nH]c(c(C)c3CC)C=C3N=C(C=C4N=C(C(C)=C4CCC(=O)OC)/C(=C\C=C=N)C1=N2)C(CCC(=O)OC)=C3C. The first-order chi connectivity index (χ1) is 23.1. The summed E-state index contributed by atoms with van der Waals surface area (Å²) in [5.41, 5.74) is 15.7. The van der Waals surface area contributed by atoms with Crippen LogP contribution in [-0.2, 0) is 25.5 Å². The molecule has 2 N–H and O–H groups in total. The van der Waals surface area contributed by atoms with Gasteiger partial charge < -0.3 is 14.5 Å². The average Bonchev–Trinajstić information content (AvgIpc) is 3.75. The minimum Gasteiger partial charge on any atom is -0.469 e. The second-order valence-corrected chi connectivity index (χ2v) is 12.1. The van der Waals surface area contributed by atoms with E-state index < -0.39 is 0 Å². The number of aliphatic imine (C=N–C) groups is 3. The normalized spacial score (nSPS) is 18.0. The zero-order valence-corrected chi connectivity index (χ0v) is 29.1. The second-order valence-electron chi connectivity index (χ2n) is 12.1. The third kappa shape index (κ3) is 6.38. The van der Waals surface area contributed by atoms with Gasteiger partial charge in [-0.25, -0.2) is 15.0 Å². The van der Waals surface area contributed by atoms with Gasteiger partial charge in [0.15, 0.2) is 0 Å². The lowest BCUT2D eigenvalue weighted by Gasteiger charge is -2.12. The highest BCUT2D eigenvalue weighted by Gasteiger charge is 2.32. The maximum absolute atomic E-state index is 12.3. The van der Waals surface area contributed by atoms with E-state index in [0.29, 0.717) is 24.3 Å². The number of esters is 2. The number of allylic oxidation sites excluding steroid dienone is 10. The molecule has 9 nitrogen and oxygen atoms in total. The molecule has 48 heavy (non-hydrogen) atoms. The molecule has 8 bridgehead atoms. The van der Waals surface area contributed by atoms with Crippen molar-refractivity contribution in [2.24, 2.45) is 15.0 Å². The number of nitrogens with one attached hydrogen (secondary N) is 2. The molecule has 0 amide bonds. The maximum Gasteiger partial charge on any atom is 0.305 e. The number of fused-ring (bicyclic) bond motifs is 5. The minimum atomic E-state index is -0.310. The third-order valence-electron chi connectivity index (χ3n) is 9.54. The summed E-state index contributed by atoms with van der Waals surface area (Å²) in [6, 6.07) is 0. The van der Waals surface area contributed by atoms with Gasteiger partial charge in [0.1, 0.15) is 0 Å². The van der Waals surface area contributed by atoms with Gasteiger partial charge in [-0.3, -0.25) is 15.0 Å². The number of aromatic nitrogens is 1. The Morgan fingerprint density at radius 2 is 1.38 bits per heavy atom. The van der Waals surface area contributed by atoms with Gasteiger partial charge in [-0.1, -0.05) is 13.8 Å². The molecule has 4 aliphatic heterocycles. The van der Waals surface area contributed by atoms with Crippen molar-refractivity contribution in [3.8, 4) is 0 Å². The number of nitrogens with zero attached hydrogens (tertiary/aromatic N) is 3. The van der Waals surface area contributed by atoms with Gasteiger partial charge in [-0.15, -0.1) is 0 Å². The summed E-state index contributed by atoms with van der Waals surface area (Å²) < 4.78 is 9.96. The van der Waals surface area contributed by atoms with Crippen molar-refractivity contribution in [3.63, 3.8) is 0 Å². The molecule has 0 fully saturated rings. The highest BCUT2D eigenvalue weighted by atomic mass is 16.5. The molecule has 0 saturated carbocycles. The van der Waals surface area contributed by atoms with E-state index in [0.717, 1.165) is 91.6 Å². The number of H-pyrrole nitrogens is 1. The predicted molar refractivity (Wildman–Crippen MR) is 193 cm³/mol. The van der Waals surface area contributed by atoms with Crippen LogP contribution >= 0.6 is 0 Å². The fourth-order valence-electron chi connectivity index (χ4n) is 6.77. The van der Waals surface area contributed by atoms with Gasteiger partial charge in [-0.05, 0) is 134 Å². The average molecular weight is 646 g/mol. The van der Waals surface area contributed by atoms with Crippen molar-refractivity contribution >= 4 is 47.1 Å². The van der Waals surface area contributed by atoms with Gasteiger partial charge in [0.05, 0.1) is 48.4 Å². The summed E-state index contributed by atoms with van der Waals surface area (Å²) >= 11 is 0. The molecule has 0 aliphatic carbocycles. The van der Waals surface area contributed by atoms with Crippen LogP contribution in [0.4, 0.5) is 0 Å². The number of aromatic amines is 1. The van der Waals surface area contributed by atoms with Gasteiger partial charge in [-0.2, -0.15) is 0 Å². The lowest BCUT2D eigenvalue weighted by molar-refractivity contribution is -0.141. The Hall–Kier alpha value is -5.14. The zero-order chi connectivity index (χ0) is 34.7. The summed E-state index contributed by atoms with van der Waals surface area (Å²) in [5.74, 6) is 1.79. The van der Waals surface area contributed by atoms with Crippen LogP contribution in [0.1, 0.15) is 89.2 Å². The molecule has 5 rings (SSSR count). The number of rotatable bonds is 9. The molecule has 248 valence electrons. The van der Waals surface area contributed by atoms with Crippen molar-refractivity contribution in [1.29, 1.82) is 5.41 Å². The van der Waals surface area contributed by atoms with Crippen molar-refractivity contribution in [2.45, 2.75) is 80.1 Å². The molecule has 4 aliphatic rings. The topological polar surface area (TPSA) is 129 Å². The van der Waals surface area contributed by atoms with E-state index in [1.807, 2.05) is 26.0 Å². The van der Waals surface area contributed by atoms with Crippen LogP contribution in [0.5, 0.6) is 0 Å². The Morgan fingerprint density at radius 1 is 0.771 bits per heavy atom. The number of ether oxygens (including phenoxy) is 2. The Balaban J connectivity index is 1.84. The molecule has 1 aromatic heterocycles. The molecule has 0 atom stereocenters. The lowest BCUT2D eigenvalue weighted by Crippen LogP contribution is -2.14. The molecule has 9 heteroatoms. The second kappa shape index (κ2) is 14.3. The van der Waals surface area contributed by atoms with Gasteiger partial charge >= 0.3 is 11.9 Å². The van der Waals surface area contributed by atoms with Crippen LogP contribution in [-0.4, -0.2) is 54.1 Å². The Morgan fingerprint density at radius 3 is 2.00 bits per heavy atom. The molecule has 1 aromatic rings. The molecule has 0 spiro atoms. The first kappa shape index (κ1) is 34.2. The Kier molecular flexibility index (Phi) is 10.2. The standard InChI is InChI=1S/C39H43N5O4/c1-9-25-21(3)30-18-31-23(5)27(13-15-36(45)47-7)34(42-31)20-35-28(14-16-37(46)48-8)24(6)38(44-35)29(12-11-17-40)39-26(10-2)22(4)32(43-39)19-33(25)41-30/h11-12,18-20,40-41H,9-10,13-16H2,1-8H3/b29-12+,31-18?,32-19?,35-20?. The van der Waals surface area contributed by atoms with Crippen LogP contribution < -0.4 is 0 Å². The summed E-state index contributed by atoms with van der Waals surface area (Å²) in [4.78, 5) is 43.8. The lowest BCUT2D eigenvalue weighted by atomic mass is 9.90. The predicted octanol–water partition coefficient (Wildman–Crippen LogP) is 7.83. The van der Waals surface area contributed by atoms with Gasteiger partial charge in [0.25, 0.3) is 0 Å². The fraction of sp³-hybridized carbons (Fsp3) is 0.359. The largest absolute Gasteiger partial charge is 0.469 e. The van der Waals surface area contributed by atoms with Crippen LogP contribution in [0.3, 0.4) is 0 Å². The summed E-state index contributed by atoms with van der Waals surface area (Å²) in [7, 11) is 2.78. The highest BCUT2D eigenvalue weighted by Crippen LogP contribution is 2.39.